The Hall–Kier alpha value is -3.08. The van der Waals surface area contributed by atoms with E-state index in [2.05, 4.69) is 9.97 Å². The number of rotatable bonds is 9. The number of unbranched alkanes of at least 4 members (excludes halogenated alkanes) is 1. The fourth-order valence-corrected chi connectivity index (χ4v) is 4.29. The zero-order valence-electron chi connectivity index (χ0n) is 21.4. The van der Waals surface area contributed by atoms with Gasteiger partial charge in [-0.3, -0.25) is 4.79 Å². The summed E-state index contributed by atoms with van der Waals surface area (Å²) < 4.78 is 12.8. The van der Waals surface area contributed by atoms with Gasteiger partial charge in [-0.05, 0) is 61.2 Å². The number of ether oxygens (including phenoxy) is 2. The summed E-state index contributed by atoms with van der Waals surface area (Å²) in [7, 11) is 1.80. The molecule has 0 saturated carbocycles. The van der Waals surface area contributed by atoms with E-state index in [-0.39, 0.29) is 16.2 Å². The third-order valence-electron chi connectivity index (χ3n) is 5.65. The zero-order chi connectivity index (χ0) is 28.4. The number of hydrogen-bond acceptors (Lipinski definition) is 7. The van der Waals surface area contributed by atoms with Crippen LogP contribution in [0.15, 0.2) is 71.9 Å². The first-order valence-electron chi connectivity index (χ1n) is 11.9. The Kier molecular flexibility index (Phi) is 11.6. The summed E-state index contributed by atoms with van der Waals surface area (Å²) in [4.78, 5) is 19.9. The van der Waals surface area contributed by atoms with E-state index >= 15 is 0 Å². The van der Waals surface area contributed by atoms with Gasteiger partial charge >= 0.3 is 7.12 Å². The number of aromatic nitrogens is 3. The molecule has 204 valence electrons. The normalized spacial score (nSPS) is 10.4. The summed E-state index contributed by atoms with van der Waals surface area (Å²) in [5, 5.41) is 18.4. The van der Waals surface area contributed by atoms with Crippen LogP contribution in [-0.2, 0) is 13.5 Å². The summed E-state index contributed by atoms with van der Waals surface area (Å²) in [5.41, 5.74) is 2.61. The Bertz CT molecular complexity index is 1450. The van der Waals surface area contributed by atoms with Gasteiger partial charge in [0.1, 0.15) is 21.8 Å². The smallest absolute Gasteiger partial charge is 0.491 e. The van der Waals surface area contributed by atoms with E-state index in [0.29, 0.717) is 22.5 Å². The van der Waals surface area contributed by atoms with Gasteiger partial charge in [0.25, 0.3) is 5.56 Å². The van der Waals surface area contributed by atoms with Gasteiger partial charge in [0.15, 0.2) is 0 Å². The highest BCUT2D eigenvalue weighted by Gasteiger charge is 2.15. The van der Waals surface area contributed by atoms with E-state index in [0.717, 1.165) is 41.7 Å². The highest BCUT2D eigenvalue weighted by Crippen LogP contribution is 2.32. The van der Waals surface area contributed by atoms with Crippen LogP contribution in [0.25, 0.3) is 11.1 Å². The van der Waals surface area contributed by atoms with Crippen LogP contribution in [0.5, 0.6) is 11.5 Å². The molecular formula is C27H27BCl3N3O5. The average molecular weight is 591 g/mol. The van der Waals surface area contributed by atoms with Crippen LogP contribution in [0, 0.1) is 0 Å². The van der Waals surface area contributed by atoms with Crippen molar-refractivity contribution in [1.29, 1.82) is 0 Å². The van der Waals surface area contributed by atoms with Crippen LogP contribution in [0.1, 0.15) is 18.4 Å². The van der Waals surface area contributed by atoms with Gasteiger partial charge in [-0.1, -0.05) is 40.9 Å². The maximum atomic E-state index is 12.1. The first-order valence-corrected chi connectivity index (χ1v) is 13.1. The standard InChI is InChI=1S/C22H22Cl2N2O3.C5H5BClNO2/c1-26-14-18(17-7-5-10-25-22(17)24)20(13-21(26)27)29-11-4-3-6-15-12-16(23)8-9-19(15)28-2;7-5-4(6(9)10)2-1-3-8-5/h5,7-10,12-14H,3-4,6,11H2,1-2H3;1-3,9-10H. The number of aryl methyl sites for hydroxylation is 2. The molecule has 0 radical (unpaired) electrons. The monoisotopic (exact) mass is 589 g/mol. The molecule has 0 bridgehead atoms. The van der Waals surface area contributed by atoms with Gasteiger partial charge in [0.05, 0.1) is 13.7 Å². The predicted octanol–water partition coefficient (Wildman–Crippen LogP) is 4.58. The molecule has 39 heavy (non-hydrogen) atoms. The predicted molar refractivity (Wildman–Crippen MR) is 155 cm³/mol. The van der Waals surface area contributed by atoms with Crippen molar-refractivity contribution < 1.29 is 19.5 Å². The van der Waals surface area contributed by atoms with Crippen molar-refractivity contribution in [3.05, 3.63) is 98.4 Å². The molecule has 3 heterocycles. The summed E-state index contributed by atoms with van der Waals surface area (Å²) in [6.07, 6.45) is 7.35. The lowest BCUT2D eigenvalue weighted by Gasteiger charge is -2.14. The summed E-state index contributed by atoms with van der Waals surface area (Å²) in [5.74, 6) is 1.33. The van der Waals surface area contributed by atoms with E-state index in [4.69, 9.17) is 54.3 Å². The van der Waals surface area contributed by atoms with Crippen molar-refractivity contribution in [3.63, 3.8) is 0 Å². The zero-order valence-corrected chi connectivity index (χ0v) is 23.6. The molecule has 0 aliphatic rings. The Morgan fingerprint density at radius 1 is 0.923 bits per heavy atom. The molecule has 3 aromatic heterocycles. The van der Waals surface area contributed by atoms with Crippen molar-refractivity contribution in [2.45, 2.75) is 19.3 Å². The minimum Gasteiger partial charge on any atom is -0.496 e. The van der Waals surface area contributed by atoms with Gasteiger partial charge in [-0.2, -0.15) is 0 Å². The van der Waals surface area contributed by atoms with Gasteiger partial charge in [0.2, 0.25) is 0 Å². The fourth-order valence-electron chi connectivity index (χ4n) is 3.65. The van der Waals surface area contributed by atoms with Crippen LogP contribution >= 0.6 is 34.8 Å². The molecule has 2 N–H and O–H groups in total. The lowest BCUT2D eigenvalue weighted by Crippen LogP contribution is -2.31. The topological polar surface area (TPSA) is 107 Å². The van der Waals surface area contributed by atoms with Crippen LogP contribution in [-0.4, -0.2) is 45.4 Å². The molecule has 0 atom stereocenters. The molecular weight excluding hydrogens is 563 g/mol. The second-order valence-electron chi connectivity index (χ2n) is 8.36. The SMILES string of the molecule is COc1ccc(Cl)cc1CCCCOc1cc(=O)n(C)cc1-c1cccnc1Cl.OB(O)c1cccnc1Cl. The maximum Gasteiger partial charge on any atom is 0.491 e. The van der Waals surface area contributed by atoms with Crippen LogP contribution in [0.4, 0.5) is 0 Å². The van der Waals surface area contributed by atoms with Crippen LogP contribution in [0.3, 0.4) is 0 Å². The lowest BCUT2D eigenvalue weighted by molar-refractivity contribution is 0.306. The molecule has 4 aromatic rings. The molecule has 1 aromatic carbocycles. The molecule has 8 nitrogen and oxygen atoms in total. The van der Waals surface area contributed by atoms with Gasteiger partial charge < -0.3 is 24.1 Å². The molecule has 0 aliphatic carbocycles. The molecule has 0 saturated heterocycles. The summed E-state index contributed by atoms with van der Waals surface area (Å²) in [6.45, 7) is 0.473. The lowest BCUT2D eigenvalue weighted by atomic mass is 9.82. The van der Waals surface area contributed by atoms with Gasteiger partial charge in [-0.15, -0.1) is 0 Å². The molecule has 0 spiro atoms. The second kappa shape index (κ2) is 14.9. The third kappa shape index (κ3) is 8.71. The summed E-state index contributed by atoms with van der Waals surface area (Å²) >= 11 is 17.8. The number of nitrogens with zero attached hydrogens (tertiary/aromatic N) is 3. The van der Waals surface area contributed by atoms with E-state index in [9.17, 15) is 4.79 Å². The van der Waals surface area contributed by atoms with Crippen molar-refractivity contribution in [1.82, 2.24) is 14.5 Å². The van der Waals surface area contributed by atoms with Crippen molar-refractivity contribution in [2.75, 3.05) is 13.7 Å². The maximum absolute atomic E-state index is 12.1. The molecule has 0 amide bonds. The average Bonchev–Trinajstić information content (AvgIpc) is 2.91. The minimum atomic E-state index is -1.54. The molecule has 12 heteroatoms. The number of pyridine rings is 3. The second-order valence-corrected chi connectivity index (χ2v) is 9.51. The molecule has 0 fully saturated rings. The molecule has 0 aliphatic heterocycles. The van der Waals surface area contributed by atoms with Gasteiger partial charge in [-0.25, -0.2) is 9.97 Å². The molecule has 4 rings (SSSR count). The van der Waals surface area contributed by atoms with Crippen LogP contribution in [0.2, 0.25) is 15.3 Å². The number of methoxy groups -OCH3 is 1. The first-order chi connectivity index (χ1) is 18.7. The first kappa shape index (κ1) is 30.5. The highest BCUT2D eigenvalue weighted by atomic mass is 35.5. The number of benzene rings is 1. The van der Waals surface area contributed by atoms with E-state index < -0.39 is 7.12 Å². The van der Waals surface area contributed by atoms with E-state index in [1.807, 2.05) is 24.3 Å². The Morgan fingerprint density at radius 3 is 2.28 bits per heavy atom. The fraction of sp³-hybridized carbons (Fsp3) is 0.222. The van der Waals surface area contributed by atoms with Crippen molar-refractivity contribution in [3.8, 4) is 22.6 Å². The Morgan fingerprint density at radius 2 is 1.64 bits per heavy atom. The third-order valence-corrected chi connectivity index (χ3v) is 6.50. The Balaban J connectivity index is 0.000000353. The largest absolute Gasteiger partial charge is 0.496 e. The minimum absolute atomic E-state index is 0.123. The summed E-state index contributed by atoms with van der Waals surface area (Å²) in [6, 6.07) is 13.8. The van der Waals surface area contributed by atoms with Crippen molar-refractivity contribution >= 4 is 47.4 Å². The molecule has 0 unspecified atom stereocenters. The van der Waals surface area contributed by atoms with Crippen molar-refractivity contribution in [2.24, 2.45) is 7.05 Å². The quantitative estimate of drug-likeness (QED) is 0.167. The van der Waals surface area contributed by atoms with Gasteiger partial charge in [0, 0.05) is 53.3 Å². The number of halogens is 3. The Labute approximate surface area is 241 Å². The highest BCUT2D eigenvalue weighted by molar-refractivity contribution is 6.62. The van der Waals surface area contributed by atoms with E-state index in [1.165, 1.54) is 22.9 Å². The van der Waals surface area contributed by atoms with Crippen LogP contribution < -0.4 is 20.5 Å². The number of hydrogen-bond donors (Lipinski definition) is 2. The van der Waals surface area contributed by atoms with E-state index in [1.54, 1.807) is 38.7 Å².